The average Bonchev–Trinajstić information content (AvgIpc) is 3.27. The second kappa shape index (κ2) is 9.59. The zero-order valence-electron chi connectivity index (χ0n) is 20.5. The third-order valence-electron chi connectivity index (χ3n) is 6.89. The molecule has 0 fully saturated rings. The van der Waals surface area contributed by atoms with Crippen LogP contribution in [0.4, 0.5) is 0 Å². The standard InChI is InChI=1S/C32H22N3O2.Pt/c1-2-20-16-17-33-30(18-20)35-27-12-6-5-9-23(27)24-15-14-21(19-28(24)35)37-32-26-10-4-3-8-22(26)25-11-7-13-29(36)31(25)34-32;/h3-18,36H,2H2,1H3;/q-1;. The van der Waals surface area contributed by atoms with E-state index in [9.17, 15) is 5.11 Å². The first-order chi connectivity index (χ1) is 18.2. The summed E-state index contributed by atoms with van der Waals surface area (Å²) in [5, 5.41) is 15.4. The van der Waals surface area contributed by atoms with Crippen LogP contribution in [0.3, 0.4) is 0 Å². The number of pyridine rings is 2. The van der Waals surface area contributed by atoms with Crippen LogP contribution in [0.15, 0.2) is 97.2 Å². The van der Waals surface area contributed by atoms with Crippen molar-refractivity contribution in [3.8, 4) is 23.2 Å². The number of aromatic nitrogens is 3. The molecule has 7 aromatic rings. The predicted molar refractivity (Wildman–Crippen MR) is 148 cm³/mol. The quantitative estimate of drug-likeness (QED) is 0.153. The fraction of sp³-hybridized carbons (Fsp3) is 0.0625. The Labute approximate surface area is 233 Å². The molecule has 0 aliphatic rings. The Hall–Kier alpha value is -4.21. The second-order valence-corrected chi connectivity index (χ2v) is 9.05. The van der Waals surface area contributed by atoms with Gasteiger partial charge in [-0.3, -0.25) is 0 Å². The van der Waals surface area contributed by atoms with Gasteiger partial charge in [0.2, 0.25) is 5.88 Å². The zero-order chi connectivity index (χ0) is 24.9. The van der Waals surface area contributed by atoms with Crippen molar-refractivity contribution in [2.24, 2.45) is 0 Å². The van der Waals surface area contributed by atoms with Crippen LogP contribution in [0.2, 0.25) is 0 Å². The van der Waals surface area contributed by atoms with Crippen LogP contribution in [0.25, 0.3) is 49.3 Å². The van der Waals surface area contributed by atoms with Gasteiger partial charge in [-0.25, -0.2) is 9.97 Å². The minimum Gasteiger partial charge on any atom is -0.506 e. The molecule has 0 radical (unpaired) electrons. The number of phenols is 1. The molecular weight excluding hydrogens is 653 g/mol. The Kier molecular flexibility index (Phi) is 6.09. The van der Waals surface area contributed by atoms with Gasteiger partial charge in [0.15, 0.2) is 0 Å². The Bertz CT molecular complexity index is 1980. The van der Waals surface area contributed by atoms with Crippen LogP contribution in [-0.2, 0) is 27.5 Å². The third-order valence-corrected chi connectivity index (χ3v) is 6.89. The van der Waals surface area contributed by atoms with E-state index in [1.54, 1.807) is 6.07 Å². The van der Waals surface area contributed by atoms with Gasteiger partial charge in [0.25, 0.3) is 0 Å². The van der Waals surface area contributed by atoms with E-state index in [1.807, 2.05) is 66.9 Å². The molecule has 7 rings (SSSR count). The molecule has 0 saturated heterocycles. The van der Waals surface area contributed by atoms with Crippen molar-refractivity contribution in [2.45, 2.75) is 13.3 Å². The van der Waals surface area contributed by atoms with Crippen LogP contribution in [0.1, 0.15) is 12.5 Å². The largest absolute Gasteiger partial charge is 0.506 e. The number of aryl methyl sites for hydroxylation is 1. The van der Waals surface area contributed by atoms with E-state index in [2.05, 4.69) is 41.8 Å². The molecule has 4 aromatic carbocycles. The number of rotatable bonds is 4. The molecule has 0 aliphatic carbocycles. The van der Waals surface area contributed by atoms with Crippen molar-refractivity contribution >= 4 is 43.5 Å². The van der Waals surface area contributed by atoms with E-state index < -0.39 is 0 Å². The minimum absolute atomic E-state index is 0. The molecule has 188 valence electrons. The van der Waals surface area contributed by atoms with Crippen molar-refractivity contribution < 1.29 is 30.9 Å². The van der Waals surface area contributed by atoms with Gasteiger partial charge < -0.3 is 14.4 Å². The number of hydrogen-bond acceptors (Lipinski definition) is 4. The van der Waals surface area contributed by atoms with Crippen molar-refractivity contribution in [3.05, 3.63) is 109 Å². The van der Waals surface area contributed by atoms with E-state index in [0.717, 1.165) is 50.2 Å². The predicted octanol–water partition coefficient (Wildman–Crippen LogP) is 7.74. The molecule has 5 nitrogen and oxygen atoms in total. The van der Waals surface area contributed by atoms with E-state index in [0.29, 0.717) is 17.1 Å². The molecule has 38 heavy (non-hydrogen) atoms. The number of fused-ring (bicyclic) bond motifs is 6. The summed E-state index contributed by atoms with van der Waals surface area (Å²) in [5.41, 5.74) is 3.67. The van der Waals surface area contributed by atoms with Crippen LogP contribution in [-0.4, -0.2) is 19.6 Å². The molecule has 0 spiro atoms. The van der Waals surface area contributed by atoms with Gasteiger partial charge in [0.1, 0.15) is 17.1 Å². The maximum absolute atomic E-state index is 10.5. The van der Waals surface area contributed by atoms with Gasteiger partial charge >= 0.3 is 0 Å². The number of phenolic OH excluding ortho intramolecular Hbond substituents is 1. The third kappa shape index (κ3) is 3.82. The maximum Gasteiger partial charge on any atom is 0.225 e. The number of ether oxygens (including phenoxy) is 1. The number of hydrogen-bond donors (Lipinski definition) is 1. The van der Waals surface area contributed by atoms with E-state index in [4.69, 9.17) is 14.7 Å². The average molecular weight is 676 g/mol. The van der Waals surface area contributed by atoms with Crippen LogP contribution in [0, 0.1) is 6.07 Å². The monoisotopic (exact) mass is 675 g/mol. The Morgan fingerprint density at radius 2 is 1.58 bits per heavy atom. The van der Waals surface area contributed by atoms with Crippen molar-refractivity contribution in [1.29, 1.82) is 0 Å². The summed E-state index contributed by atoms with van der Waals surface area (Å²) in [5.74, 6) is 1.93. The van der Waals surface area contributed by atoms with Gasteiger partial charge in [-0.05, 0) is 53.1 Å². The molecule has 1 N–H and O–H groups in total. The number of benzene rings is 4. The van der Waals surface area contributed by atoms with Gasteiger partial charge in [-0.2, -0.15) is 6.07 Å². The summed E-state index contributed by atoms with van der Waals surface area (Å²) < 4.78 is 8.52. The molecular formula is C32H22N3O2Pt-. The van der Waals surface area contributed by atoms with Gasteiger partial charge in [-0.15, -0.1) is 17.5 Å². The molecule has 0 unspecified atom stereocenters. The van der Waals surface area contributed by atoms with Crippen molar-refractivity contribution in [1.82, 2.24) is 14.5 Å². The molecule has 0 aliphatic heterocycles. The van der Waals surface area contributed by atoms with E-state index in [1.165, 1.54) is 5.56 Å². The topological polar surface area (TPSA) is 60.2 Å². The van der Waals surface area contributed by atoms with Crippen LogP contribution < -0.4 is 4.74 Å². The molecule has 6 heteroatoms. The molecule has 0 amide bonds. The van der Waals surface area contributed by atoms with Gasteiger partial charge in [0, 0.05) is 49.3 Å². The summed E-state index contributed by atoms with van der Waals surface area (Å²) in [6.07, 6.45) is 2.78. The fourth-order valence-corrected chi connectivity index (χ4v) is 5.09. The summed E-state index contributed by atoms with van der Waals surface area (Å²) in [6.45, 7) is 2.14. The molecule has 0 atom stereocenters. The van der Waals surface area contributed by atoms with Crippen molar-refractivity contribution in [2.75, 3.05) is 0 Å². The van der Waals surface area contributed by atoms with Gasteiger partial charge in [-0.1, -0.05) is 61.0 Å². The minimum atomic E-state index is 0. The van der Waals surface area contributed by atoms with E-state index >= 15 is 0 Å². The SMILES string of the molecule is CCc1ccnc(-n2c3[c-]c(Oc4nc5c(O)cccc5c5ccccc45)ccc3c3ccccc32)c1.[Pt]. The zero-order valence-corrected chi connectivity index (χ0v) is 22.7. The first-order valence-corrected chi connectivity index (χ1v) is 12.3. The Morgan fingerprint density at radius 3 is 2.42 bits per heavy atom. The van der Waals surface area contributed by atoms with Crippen molar-refractivity contribution in [3.63, 3.8) is 0 Å². The second-order valence-electron chi connectivity index (χ2n) is 9.05. The summed E-state index contributed by atoms with van der Waals surface area (Å²) >= 11 is 0. The summed E-state index contributed by atoms with van der Waals surface area (Å²) in [7, 11) is 0. The molecule has 3 heterocycles. The molecule has 0 bridgehead atoms. The summed E-state index contributed by atoms with van der Waals surface area (Å²) in [4.78, 5) is 9.40. The maximum atomic E-state index is 10.5. The number of para-hydroxylation sites is 2. The van der Waals surface area contributed by atoms with Gasteiger partial charge in [0.05, 0.1) is 0 Å². The van der Waals surface area contributed by atoms with Crippen LogP contribution in [0.5, 0.6) is 17.4 Å². The smallest absolute Gasteiger partial charge is 0.225 e. The molecule has 3 aromatic heterocycles. The molecule has 0 saturated carbocycles. The van der Waals surface area contributed by atoms with Crippen LogP contribution >= 0.6 is 0 Å². The summed E-state index contributed by atoms with van der Waals surface area (Å²) in [6, 6.07) is 33.3. The number of nitrogens with zero attached hydrogens (tertiary/aromatic N) is 3. The first-order valence-electron chi connectivity index (χ1n) is 12.3. The fourth-order valence-electron chi connectivity index (χ4n) is 5.09. The normalized spacial score (nSPS) is 11.3. The first kappa shape index (κ1) is 24.1. The Morgan fingerprint density at radius 1 is 0.816 bits per heavy atom. The van der Waals surface area contributed by atoms with E-state index in [-0.39, 0.29) is 26.8 Å². The number of aromatic hydroxyl groups is 1. The Balaban J connectivity index is 0.00000264.